The second-order valence-corrected chi connectivity index (χ2v) is 8.06. The van der Waals surface area contributed by atoms with Crippen LogP contribution in [0.4, 0.5) is 0 Å². The third kappa shape index (κ3) is 0.962. The highest BCUT2D eigenvalue weighted by atomic mass is 16.7. The molecule has 5 rings (SSSR count). The third-order valence-electron chi connectivity index (χ3n) is 6.85. The Morgan fingerprint density at radius 2 is 1.95 bits per heavy atom. The van der Waals surface area contributed by atoms with Crippen LogP contribution in [0.3, 0.4) is 0 Å². The van der Waals surface area contributed by atoms with Crippen LogP contribution in [-0.2, 0) is 23.8 Å². The lowest BCUT2D eigenvalue weighted by Gasteiger charge is -2.53. The molecule has 5 aliphatic rings. The van der Waals surface area contributed by atoms with E-state index >= 15 is 0 Å². The average Bonchev–Trinajstić information content (AvgIpc) is 2.85. The zero-order valence-electron chi connectivity index (χ0n) is 12.5. The summed E-state index contributed by atoms with van der Waals surface area (Å²) in [5.41, 5.74) is -4.89. The molecule has 3 saturated heterocycles. The van der Waals surface area contributed by atoms with Gasteiger partial charge in [-0.15, -0.1) is 0 Å². The van der Waals surface area contributed by atoms with E-state index in [2.05, 4.69) is 0 Å². The smallest absolute Gasteiger partial charge is 0.342 e. The van der Waals surface area contributed by atoms with Crippen LogP contribution in [0.1, 0.15) is 27.2 Å². The number of esters is 2. The maximum Gasteiger partial charge on any atom is 0.342 e. The standard InChI is InChI=1S/C15H18O7/c1-12(2,18)6-7-10(16)20-8(6)9-13(3)14(7,19)4-5-15(13,22-5)11(17)21-9/h5-9,18-19H,4H2,1-3H3/t5?,6-,7?,8?,9+,13?,14+,15-/m0/s1. The highest BCUT2D eigenvalue weighted by molar-refractivity contribution is 5.91. The lowest BCUT2D eigenvalue weighted by Crippen LogP contribution is -2.68. The summed E-state index contributed by atoms with van der Waals surface area (Å²) in [5.74, 6) is -2.51. The van der Waals surface area contributed by atoms with Crippen molar-refractivity contribution in [2.45, 2.75) is 62.3 Å². The molecule has 8 atom stereocenters. The predicted molar refractivity (Wildman–Crippen MR) is 68.3 cm³/mol. The molecule has 2 N–H and O–H groups in total. The first-order chi connectivity index (χ1) is 10.1. The van der Waals surface area contributed by atoms with Crippen molar-refractivity contribution < 1.29 is 34.0 Å². The van der Waals surface area contributed by atoms with Crippen molar-refractivity contribution in [3.63, 3.8) is 0 Å². The number of aliphatic hydroxyl groups is 2. The number of carbonyl (C=O) groups excluding carboxylic acids is 2. The van der Waals surface area contributed by atoms with Crippen molar-refractivity contribution in [3.8, 4) is 0 Å². The van der Waals surface area contributed by atoms with Crippen LogP contribution in [0.15, 0.2) is 0 Å². The van der Waals surface area contributed by atoms with E-state index in [0.717, 1.165) is 0 Å². The molecular formula is C15H18O7. The summed E-state index contributed by atoms with van der Waals surface area (Å²) in [6.45, 7) is 4.92. The fourth-order valence-electron chi connectivity index (χ4n) is 5.83. The van der Waals surface area contributed by atoms with Crippen molar-refractivity contribution in [3.05, 3.63) is 0 Å². The SMILES string of the molecule is CC(C)(O)[C@@H]1C2OC(=O)C1[C@]1(O)CC3O[C@]34C(=O)O[C@H]2C14C. The van der Waals surface area contributed by atoms with E-state index < -0.39 is 64.3 Å². The first kappa shape index (κ1) is 13.3. The quantitative estimate of drug-likeness (QED) is 0.479. The van der Waals surface area contributed by atoms with Crippen molar-refractivity contribution in [1.29, 1.82) is 0 Å². The van der Waals surface area contributed by atoms with E-state index in [1.54, 1.807) is 20.8 Å². The number of fused-ring (bicyclic) bond motifs is 4. The summed E-state index contributed by atoms with van der Waals surface area (Å²) >= 11 is 0. The maximum absolute atomic E-state index is 12.4. The van der Waals surface area contributed by atoms with Crippen LogP contribution in [0.2, 0.25) is 0 Å². The minimum absolute atomic E-state index is 0.189. The van der Waals surface area contributed by atoms with Crippen LogP contribution >= 0.6 is 0 Å². The lowest BCUT2D eigenvalue weighted by molar-refractivity contribution is -0.223. The van der Waals surface area contributed by atoms with Crippen LogP contribution < -0.4 is 0 Å². The van der Waals surface area contributed by atoms with Gasteiger partial charge in [0.05, 0.1) is 22.5 Å². The Labute approximate surface area is 126 Å². The number of hydrogen-bond acceptors (Lipinski definition) is 7. The third-order valence-corrected chi connectivity index (χ3v) is 6.85. The molecule has 0 radical (unpaired) electrons. The largest absolute Gasteiger partial charge is 0.458 e. The second-order valence-electron chi connectivity index (χ2n) is 8.06. The Kier molecular flexibility index (Phi) is 1.85. The van der Waals surface area contributed by atoms with Gasteiger partial charge in [-0.1, -0.05) is 0 Å². The zero-order chi connectivity index (χ0) is 15.9. The van der Waals surface area contributed by atoms with Crippen molar-refractivity contribution in [1.82, 2.24) is 0 Å². The second kappa shape index (κ2) is 3.07. The highest BCUT2D eigenvalue weighted by Gasteiger charge is 2.95. The molecule has 2 saturated carbocycles. The Balaban J connectivity index is 1.76. The molecule has 2 bridgehead atoms. The van der Waals surface area contributed by atoms with Crippen LogP contribution in [0.5, 0.6) is 0 Å². The fourth-order valence-corrected chi connectivity index (χ4v) is 5.83. The molecule has 0 aromatic rings. The van der Waals surface area contributed by atoms with Gasteiger partial charge in [0.1, 0.15) is 12.2 Å². The van der Waals surface area contributed by atoms with E-state index in [1.165, 1.54) is 0 Å². The van der Waals surface area contributed by atoms with Gasteiger partial charge in [-0.2, -0.15) is 0 Å². The van der Waals surface area contributed by atoms with Crippen LogP contribution in [0, 0.1) is 17.3 Å². The molecule has 5 fully saturated rings. The van der Waals surface area contributed by atoms with Gasteiger partial charge in [0.2, 0.25) is 5.60 Å². The van der Waals surface area contributed by atoms with Crippen LogP contribution in [0.25, 0.3) is 0 Å². The molecule has 0 aromatic heterocycles. The number of epoxide rings is 1. The molecule has 2 aliphatic carbocycles. The maximum atomic E-state index is 12.4. The molecule has 22 heavy (non-hydrogen) atoms. The zero-order valence-corrected chi connectivity index (χ0v) is 12.5. The topological polar surface area (TPSA) is 106 Å². The summed E-state index contributed by atoms with van der Waals surface area (Å²) < 4.78 is 16.5. The highest BCUT2D eigenvalue weighted by Crippen LogP contribution is 2.77. The minimum atomic E-state index is -1.47. The number of ether oxygens (including phenoxy) is 3. The Morgan fingerprint density at radius 1 is 1.27 bits per heavy atom. The Morgan fingerprint density at radius 3 is 2.59 bits per heavy atom. The molecule has 120 valence electrons. The first-order valence-electron chi connectivity index (χ1n) is 7.63. The van der Waals surface area contributed by atoms with E-state index in [0.29, 0.717) is 0 Å². The Bertz CT molecular complexity index is 638. The fraction of sp³-hybridized carbons (Fsp3) is 0.867. The van der Waals surface area contributed by atoms with E-state index in [9.17, 15) is 19.8 Å². The normalized spacial score (nSPS) is 60.7. The predicted octanol–water partition coefficient (Wildman–Crippen LogP) is -0.867. The van der Waals surface area contributed by atoms with E-state index in [1.807, 2.05) is 0 Å². The Hall–Kier alpha value is -1.18. The van der Waals surface area contributed by atoms with Crippen molar-refractivity contribution in [2.24, 2.45) is 17.3 Å². The molecule has 3 aliphatic heterocycles. The number of rotatable bonds is 1. The van der Waals surface area contributed by atoms with Gasteiger partial charge in [0, 0.05) is 12.3 Å². The summed E-state index contributed by atoms with van der Waals surface area (Å²) in [5, 5.41) is 21.9. The van der Waals surface area contributed by atoms with Gasteiger partial charge in [-0.3, -0.25) is 4.79 Å². The molecular weight excluding hydrogens is 292 g/mol. The molecule has 4 unspecified atom stereocenters. The number of hydrogen-bond donors (Lipinski definition) is 2. The van der Waals surface area contributed by atoms with Gasteiger partial charge >= 0.3 is 11.9 Å². The summed E-state index contributed by atoms with van der Waals surface area (Å²) in [6.07, 6.45) is -1.78. The molecule has 0 amide bonds. The molecule has 7 nitrogen and oxygen atoms in total. The molecule has 0 aromatic carbocycles. The molecule has 3 heterocycles. The van der Waals surface area contributed by atoms with E-state index in [-0.39, 0.29) is 6.42 Å². The number of carbonyl (C=O) groups is 2. The van der Waals surface area contributed by atoms with Gasteiger partial charge in [0.25, 0.3) is 0 Å². The summed E-state index contributed by atoms with van der Waals surface area (Å²) in [6, 6.07) is 0. The summed E-state index contributed by atoms with van der Waals surface area (Å²) in [7, 11) is 0. The van der Waals surface area contributed by atoms with Gasteiger partial charge in [-0.05, 0) is 20.8 Å². The molecule has 1 spiro atoms. The monoisotopic (exact) mass is 310 g/mol. The van der Waals surface area contributed by atoms with Crippen molar-refractivity contribution >= 4 is 11.9 Å². The van der Waals surface area contributed by atoms with Crippen LogP contribution in [-0.4, -0.2) is 57.3 Å². The van der Waals surface area contributed by atoms with E-state index in [4.69, 9.17) is 14.2 Å². The van der Waals surface area contributed by atoms with Gasteiger partial charge in [-0.25, -0.2) is 4.79 Å². The average molecular weight is 310 g/mol. The van der Waals surface area contributed by atoms with Crippen molar-refractivity contribution in [2.75, 3.05) is 0 Å². The first-order valence-corrected chi connectivity index (χ1v) is 7.63. The molecule has 7 heteroatoms. The minimum Gasteiger partial charge on any atom is -0.458 e. The van der Waals surface area contributed by atoms with Gasteiger partial charge in [0.15, 0.2) is 6.10 Å². The van der Waals surface area contributed by atoms with Gasteiger partial charge < -0.3 is 24.4 Å². The lowest BCUT2D eigenvalue weighted by atomic mass is 9.52. The summed E-state index contributed by atoms with van der Waals surface area (Å²) in [4.78, 5) is 24.8.